The molecule has 124 valence electrons. The van der Waals surface area contributed by atoms with Crippen LogP contribution in [-0.4, -0.2) is 27.6 Å². The summed E-state index contributed by atoms with van der Waals surface area (Å²) in [6.07, 6.45) is 0. The van der Waals surface area contributed by atoms with Gasteiger partial charge in [-0.25, -0.2) is 0 Å². The van der Waals surface area contributed by atoms with Crippen LogP contribution in [-0.2, 0) is 10.2 Å². The monoisotopic (exact) mass is 367 g/mol. The number of carbonyl (C=O) groups is 1. The summed E-state index contributed by atoms with van der Waals surface area (Å²) >= 11 is 4.62. The van der Waals surface area contributed by atoms with Crippen molar-refractivity contribution in [3.05, 3.63) is 29.8 Å². The van der Waals surface area contributed by atoms with Gasteiger partial charge in [0.2, 0.25) is 5.91 Å². The third kappa shape index (κ3) is 5.82. The molecule has 23 heavy (non-hydrogen) atoms. The summed E-state index contributed by atoms with van der Waals surface area (Å²) in [6.45, 7) is 8.59. The Bertz CT molecular complexity index is 647. The largest absolute Gasteiger partial charge is 0.325 e. The molecule has 1 heterocycles. The van der Waals surface area contributed by atoms with Gasteiger partial charge in [-0.3, -0.25) is 4.79 Å². The van der Waals surface area contributed by atoms with Crippen LogP contribution in [0.4, 0.5) is 5.69 Å². The molecular formula is C16H21N3OS3. The Kier molecular flexibility index (Phi) is 6.50. The Balaban J connectivity index is 1.84. The van der Waals surface area contributed by atoms with Crippen molar-refractivity contribution in [1.29, 1.82) is 0 Å². The maximum atomic E-state index is 12.0. The van der Waals surface area contributed by atoms with E-state index in [0.29, 0.717) is 5.75 Å². The molecule has 1 N–H and O–H groups in total. The van der Waals surface area contributed by atoms with Gasteiger partial charge in [0.15, 0.2) is 8.68 Å². The maximum absolute atomic E-state index is 12.0. The highest BCUT2D eigenvalue weighted by Gasteiger charge is 2.13. The van der Waals surface area contributed by atoms with E-state index in [-0.39, 0.29) is 11.3 Å². The van der Waals surface area contributed by atoms with Crippen molar-refractivity contribution in [3.8, 4) is 0 Å². The molecule has 4 nitrogen and oxygen atoms in total. The van der Waals surface area contributed by atoms with E-state index in [1.54, 1.807) is 11.8 Å². The Morgan fingerprint density at radius 2 is 1.74 bits per heavy atom. The second-order valence-corrected chi connectivity index (χ2v) is 9.64. The number of aromatic nitrogens is 2. The van der Waals surface area contributed by atoms with Crippen LogP contribution in [0, 0.1) is 0 Å². The minimum absolute atomic E-state index is 0.0293. The summed E-state index contributed by atoms with van der Waals surface area (Å²) in [5.41, 5.74) is 2.19. The van der Waals surface area contributed by atoms with Gasteiger partial charge in [0.25, 0.3) is 0 Å². The number of hydrogen-bond acceptors (Lipinski definition) is 6. The average molecular weight is 368 g/mol. The molecule has 0 aliphatic heterocycles. The summed E-state index contributed by atoms with van der Waals surface area (Å²) < 4.78 is 1.78. The molecule has 2 rings (SSSR count). The van der Waals surface area contributed by atoms with Crippen LogP contribution in [0.3, 0.4) is 0 Å². The standard InChI is InChI=1S/C16H21N3OS3/c1-5-21-14-18-19-15(23-14)22-10-13(20)17-12-8-6-11(7-9-12)16(2,3)4/h6-9H,5,10H2,1-4H3,(H,17,20). The molecule has 0 atom stereocenters. The van der Waals surface area contributed by atoms with Crippen molar-refractivity contribution < 1.29 is 4.79 Å². The zero-order valence-electron chi connectivity index (χ0n) is 13.8. The van der Waals surface area contributed by atoms with E-state index in [1.165, 1.54) is 28.7 Å². The van der Waals surface area contributed by atoms with E-state index < -0.39 is 0 Å². The second-order valence-electron chi connectivity index (χ2n) is 5.93. The van der Waals surface area contributed by atoms with E-state index in [4.69, 9.17) is 0 Å². The van der Waals surface area contributed by atoms with Crippen LogP contribution in [0.5, 0.6) is 0 Å². The van der Waals surface area contributed by atoms with E-state index in [2.05, 4.69) is 55.3 Å². The third-order valence-corrected chi connectivity index (χ3v) is 6.09. The van der Waals surface area contributed by atoms with E-state index in [1.807, 2.05) is 12.1 Å². The molecule has 0 fully saturated rings. The molecule has 1 aromatic heterocycles. The number of nitrogens with one attached hydrogen (secondary N) is 1. The zero-order valence-corrected chi connectivity index (χ0v) is 16.2. The maximum Gasteiger partial charge on any atom is 0.234 e. The Hall–Kier alpha value is -1.05. The van der Waals surface area contributed by atoms with Gasteiger partial charge < -0.3 is 5.32 Å². The fraction of sp³-hybridized carbons (Fsp3) is 0.438. The average Bonchev–Trinajstić information content (AvgIpc) is 2.93. The number of thioether (sulfide) groups is 2. The Morgan fingerprint density at radius 1 is 1.13 bits per heavy atom. The van der Waals surface area contributed by atoms with Crippen molar-refractivity contribution in [2.75, 3.05) is 16.8 Å². The highest BCUT2D eigenvalue weighted by molar-refractivity contribution is 8.03. The van der Waals surface area contributed by atoms with Crippen LogP contribution in [0.1, 0.15) is 33.3 Å². The third-order valence-electron chi connectivity index (χ3n) is 3.02. The van der Waals surface area contributed by atoms with Gasteiger partial charge in [-0.2, -0.15) is 0 Å². The molecule has 1 aromatic carbocycles. The molecule has 7 heteroatoms. The van der Waals surface area contributed by atoms with Gasteiger partial charge in [0, 0.05) is 5.69 Å². The second kappa shape index (κ2) is 8.17. The summed E-state index contributed by atoms with van der Waals surface area (Å²) in [5, 5.41) is 11.1. The minimum Gasteiger partial charge on any atom is -0.325 e. The first-order valence-corrected chi connectivity index (χ1v) is 10.2. The molecule has 0 unspecified atom stereocenters. The van der Waals surface area contributed by atoms with Crippen LogP contribution < -0.4 is 5.32 Å². The van der Waals surface area contributed by atoms with E-state index in [0.717, 1.165) is 20.1 Å². The van der Waals surface area contributed by atoms with Crippen molar-refractivity contribution >= 4 is 46.5 Å². The van der Waals surface area contributed by atoms with E-state index >= 15 is 0 Å². The zero-order chi connectivity index (χ0) is 16.9. The molecule has 1 amide bonds. The summed E-state index contributed by atoms with van der Waals surface area (Å²) in [5.74, 6) is 1.29. The van der Waals surface area contributed by atoms with Crippen LogP contribution in [0.15, 0.2) is 32.9 Å². The molecule has 0 spiro atoms. The number of rotatable bonds is 6. The van der Waals surface area contributed by atoms with Crippen LogP contribution in [0.2, 0.25) is 0 Å². The van der Waals surface area contributed by atoms with Gasteiger partial charge in [0.05, 0.1) is 5.75 Å². The molecule has 0 bridgehead atoms. The van der Waals surface area contributed by atoms with Gasteiger partial charge in [-0.1, -0.05) is 74.7 Å². The lowest BCUT2D eigenvalue weighted by atomic mass is 9.87. The van der Waals surface area contributed by atoms with Crippen molar-refractivity contribution in [3.63, 3.8) is 0 Å². The molecule has 0 aliphatic rings. The number of carbonyl (C=O) groups excluding carboxylic acids is 1. The van der Waals surface area contributed by atoms with Crippen molar-refractivity contribution in [2.45, 2.75) is 41.8 Å². The molecule has 0 saturated carbocycles. The molecule has 0 aliphatic carbocycles. The number of hydrogen-bond donors (Lipinski definition) is 1. The highest BCUT2D eigenvalue weighted by Crippen LogP contribution is 2.28. The summed E-state index contributed by atoms with van der Waals surface area (Å²) in [6, 6.07) is 8.01. The first kappa shape index (κ1) is 18.3. The molecular weight excluding hydrogens is 346 g/mol. The highest BCUT2D eigenvalue weighted by atomic mass is 32.2. The number of amides is 1. The minimum atomic E-state index is -0.0293. The number of anilines is 1. The predicted octanol–water partition coefficient (Wildman–Crippen LogP) is 4.68. The van der Waals surface area contributed by atoms with Crippen molar-refractivity contribution in [1.82, 2.24) is 10.2 Å². The summed E-state index contributed by atoms with van der Waals surface area (Å²) in [7, 11) is 0. The van der Waals surface area contributed by atoms with Crippen LogP contribution in [0.25, 0.3) is 0 Å². The predicted molar refractivity (Wildman–Crippen MR) is 101 cm³/mol. The van der Waals surface area contributed by atoms with Gasteiger partial charge in [-0.05, 0) is 28.9 Å². The summed E-state index contributed by atoms with van der Waals surface area (Å²) in [4.78, 5) is 12.0. The lowest BCUT2D eigenvalue weighted by molar-refractivity contribution is -0.113. The first-order valence-electron chi connectivity index (χ1n) is 7.38. The van der Waals surface area contributed by atoms with Crippen molar-refractivity contribution in [2.24, 2.45) is 0 Å². The number of nitrogens with zero attached hydrogens (tertiary/aromatic N) is 2. The first-order chi connectivity index (χ1) is 10.9. The Morgan fingerprint density at radius 3 is 2.30 bits per heavy atom. The number of benzene rings is 1. The fourth-order valence-electron chi connectivity index (χ4n) is 1.82. The van der Waals surface area contributed by atoms with Crippen LogP contribution >= 0.6 is 34.9 Å². The Labute approximate surface area is 149 Å². The van der Waals surface area contributed by atoms with E-state index in [9.17, 15) is 4.79 Å². The molecule has 2 aromatic rings. The normalized spacial score (nSPS) is 11.5. The molecule has 0 saturated heterocycles. The smallest absolute Gasteiger partial charge is 0.234 e. The van der Waals surface area contributed by atoms with Gasteiger partial charge in [0.1, 0.15) is 0 Å². The quantitative estimate of drug-likeness (QED) is 0.751. The lowest BCUT2D eigenvalue weighted by Crippen LogP contribution is -2.15. The fourth-order valence-corrected chi connectivity index (χ4v) is 4.53. The van der Waals surface area contributed by atoms with Gasteiger partial charge >= 0.3 is 0 Å². The van der Waals surface area contributed by atoms with Gasteiger partial charge in [-0.15, -0.1) is 10.2 Å². The lowest BCUT2D eigenvalue weighted by Gasteiger charge is -2.19. The topological polar surface area (TPSA) is 54.9 Å². The molecule has 0 radical (unpaired) electrons. The SMILES string of the molecule is CCSc1nnc(SCC(=O)Nc2ccc(C(C)(C)C)cc2)s1.